The number of aliphatic carboxylic acids is 1. The maximum atomic E-state index is 12.2. The number of aryl methyl sites for hydroxylation is 1. The van der Waals surface area contributed by atoms with Gasteiger partial charge >= 0.3 is 5.97 Å². The van der Waals surface area contributed by atoms with E-state index in [9.17, 15) is 9.90 Å². The lowest BCUT2D eigenvalue weighted by Crippen LogP contribution is -2.24. The van der Waals surface area contributed by atoms with E-state index in [0.29, 0.717) is 23.7 Å². The fourth-order valence-corrected chi connectivity index (χ4v) is 4.23. The van der Waals surface area contributed by atoms with Gasteiger partial charge in [-0.3, -0.25) is 4.79 Å². The molecule has 152 valence electrons. The summed E-state index contributed by atoms with van der Waals surface area (Å²) >= 11 is 0. The van der Waals surface area contributed by atoms with Gasteiger partial charge in [-0.05, 0) is 54.5 Å². The Kier molecular flexibility index (Phi) is 4.88. The van der Waals surface area contributed by atoms with Crippen LogP contribution in [0.5, 0.6) is 11.5 Å². The predicted octanol–water partition coefficient (Wildman–Crippen LogP) is 4.48. The van der Waals surface area contributed by atoms with Gasteiger partial charge in [0.05, 0.1) is 6.61 Å². The molecular weight excluding hydrogens is 386 g/mol. The van der Waals surface area contributed by atoms with Crippen LogP contribution in [-0.2, 0) is 22.9 Å². The molecule has 29 heavy (non-hydrogen) atoms. The van der Waals surface area contributed by atoms with E-state index in [1.54, 1.807) is 18.2 Å². The zero-order valence-corrected chi connectivity index (χ0v) is 18.1. The molecule has 1 aliphatic heterocycles. The lowest BCUT2D eigenvalue weighted by molar-refractivity contribution is -0.137. The summed E-state index contributed by atoms with van der Waals surface area (Å²) in [6.45, 7) is 7.21. The summed E-state index contributed by atoms with van der Waals surface area (Å²) in [5, 5.41) is 11.0. The van der Waals surface area contributed by atoms with Gasteiger partial charge in [0.15, 0.2) is 19.8 Å². The number of hydrogen-bond acceptors (Lipinski definition) is 4. The summed E-state index contributed by atoms with van der Waals surface area (Å²) in [4.78, 5) is 12.2. The Hall–Kier alpha value is -2.77. The molecule has 0 radical (unpaired) electrons. The number of carboxylic acids is 1. The third kappa shape index (κ3) is 3.88. The first-order chi connectivity index (χ1) is 13.7. The molecule has 1 unspecified atom stereocenters. The first kappa shape index (κ1) is 19.5. The van der Waals surface area contributed by atoms with Gasteiger partial charge < -0.3 is 23.6 Å². The third-order valence-electron chi connectivity index (χ3n) is 5.05. The fourth-order valence-electron chi connectivity index (χ4n) is 3.63. The number of hydrogen-bond donors (Lipinski definition) is 1. The summed E-state index contributed by atoms with van der Waals surface area (Å²) in [6.07, 6.45) is 1.90. The average molecular weight is 412 g/mol. The van der Waals surface area contributed by atoms with E-state index in [1.165, 1.54) is 0 Å². The van der Waals surface area contributed by atoms with Crippen LogP contribution in [-0.4, -0.2) is 30.8 Å². The van der Waals surface area contributed by atoms with Gasteiger partial charge in [0.1, 0.15) is 5.92 Å². The van der Waals surface area contributed by atoms with Gasteiger partial charge in [-0.2, -0.15) is 0 Å². The fraction of sp³-hybridized carbons (Fsp3) is 0.318. The van der Waals surface area contributed by atoms with Gasteiger partial charge in [0.25, 0.3) is 0 Å². The van der Waals surface area contributed by atoms with Crippen molar-refractivity contribution in [2.24, 2.45) is 7.05 Å². The highest BCUT2D eigenvalue weighted by Crippen LogP contribution is 2.38. The highest BCUT2D eigenvalue weighted by molar-refractivity contribution is 6.69. The number of carbonyl (C=O) groups is 1. The molecule has 1 aliphatic rings. The molecule has 0 bridgehead atoms. The Balaban J connectivity index is 1.74. The molecule has 0 fully saturated rings. The highest BCUT2D eigenvalue weighted by atomic mass is 28.4. The minimum atomic E-state index is -1.61. The minimum Gasteiger partial charge on any atom is -0.481 e. The monoisotopic (exact) mass is 411 g/mol. The Morgan fingerprint density at radius 3 is 2.66 bits per heavy atom. The molecular formula is C22H25NO5Si. The predicted molar refractivity (Wildman–Crippen MR) is 113 cm³/mol. The van der Waals surface area contributed by atoms with E-state index in [-0.39, 0.29) is 6.79 Å². The van der Waals surface area contributed by atoms with Gasteiger partial charge in [-0.1, -0.05) is 18.2 Å². The molecule has 2 heterocycles. The molecule has 3 aromatic rings. The first-order valence-corrected chi connectivity index (χ1v) is 13.0. The maximum Gasteiger partial charge on any atom is 0.315 e. The maximum absolute atomic E-state index is 12.2. The molecule has 0 amide bonds. The van der Waals surface area contributed by atoms with Crippen LogP contribution in [0.3, 0.4) is 0 Å². The zero-order valence-electron chi connectivity index (χ0n) is 17.1. The lowest BCUT2D eigenvalue weighted by Gasteiger charge is -2.17. The second-order valence-corrected chi connectivity index (χ2v) is 12.8. The normalized spacial score (nSPS) is 14.3. The van der Waals surface area contributed by atoms with E-state index in [1.807, 2.05) is 29.9 Å². The summed E-state index contributed by atoms with van der Waals surface area (Å²) in [5.41, 5.74) is 3.50. The molecule has 0 spiro atoms. The van der Waals surface area contributed by atoms with Crippen molar-refractivity contribution in [2.75, 3.05) is 6.79 Å². The molecule has 1 aromatic heterocycles. The Labute approximate surface area is 170 Å². The van der Waals surface area contributed by atoms with Gasteiger partial charge in [-0.25, -0.2) is 0 Å². The van der Waals surface area contributed by atoms with Crippen LogP contribution in [0.4, 0.5) is 0 Å². The summed E-state index contributed by atoms with van der Waals surface area (Å²) < 4.78 is 18.8. The molecule has 0 aliphatic carbocycles. The number of aromatic nitrogens is 1. The second-order valence-electron chi connectivity index (χ2n) is 8.33. The smallest absolute Gasteiger partial charge is 0.315 e. The van der Waals surface area contributed by atoms with Crippen molar-refractivity contribution in [3.63, 3.8) is 0 Å². The van der Waals surface area contributed by atoms with E-state index in [0.717, 1.165) is 22.0 Å². The third-order valence-corrected chi connectivity index (χ3v) is 6.06. The lowest BCUT2D eigenvalue weighted by atomic mass is 9.90. The molecule has 4 rings (SSSR count). The zero-order chi connectivity index (χ0) is 20.8. The highest BCUT2D eigenvalue weighted by Gasteiger charge is 2.28. The summed E-state index contributed by atoms with van der Waals surface area (Å²) in [5.74, 6) is -0.470. The van der Waals surface area contributed by atoms with Crippen molar-refractivity contribution < 1.29 is 23.8 Å². The minimum absolute atomic E-state index is 0.160. The van der Waals surface area contributed by atoms with Crippen molar-refractivity contribution in [3.8, 4) is 11.5 Å². The Morgan fingerprint density at radius 2 is 1.93 bits per heavy atom. The van der Waals surface area contributed by atoms with Crippen LogP contribution in [0.25, 0.3) is 10.9 Å². The van der Waals surface area contributed by atoms with Gasteiger partial charge in [-0.15, -0.1) is 0 Å². The Bertz CT molecular complexity index is 1080. The van der Waals surface area contributed by atoms with Crippen molar-refractivity contribution in [3.05, 3.63) is 59.3 Å². The standard InChI is InChI=1S/C22H25NO5Si/c1-23-11-17(16-7-5-14(9-18(16)23)12-28-29(2,3)4)21(22(24)25)15-6-8-19-20(10-15)27-13-26-19/h5-11,21H,12-13H2,1-4H3,(H,24,25). The van der Waals surface area contributed by atoms with E-state index in [2.05, 4.69) is 25.7 Å². The number of rotatable bonds is 6. The molecule has 1 N–H and O–H groups in total. The van der Waals surface area contributed by atoms with Crippen molar-refractivity contribution in [1.29, 1.82) is 0 Å². The van der Waals surface area contributed by atoms with Crippen molar-refractivity contribution in [2.45, 2.75) is 32.2 Å². The first-order valence-electron chi connectivity index (χ1n) is 9.57. The molecule has 0 saturated heterocycles. The number of benzene rings is 2. The molecule has 1 atom stereocenters. The number of carboxylic acid groups (broad SMARTS) is 1. The molecule has 2 aromatic carbocycles. The number of fused-ring (bicyclic) bond motifs is 2. The van der Waals surface area contributed by atoms with E-state index >= 15 is 0 Å². The van der Waals surface area contributed by atoms with Crippen molar-refractivity contribution >= 4 is 25.2 Å². The number of nitrogens with zero attached hydrogens (tertiary/aromatic N) is 1. The SMILES string of the molecule is Cn1cc(C(C(=O)O)c2ccc3c(c2)OCO3)c2ccc(CO[Si](C)(C)C)cc21. The van der Waals surface area contributed by atoms with E-state index in [4.69, 9.17) is 13.9 Å². The molecule has 6 nitrogen and oxygen atoms in total. The van der Waals surface area contributed by atoms with Crippen LogP contribution in [0.1, 0.15) is 22.6 Å². The van der Waals surface area contributed by atoms with Crippen LogP contribution in [0.15, 0.2) is 42.6 Å². The topological polar surface area (TPSA) is 69.9 Å². The van der Waals surface area contributed by atoms with Crippen LogP contribution >= 0.6 is 0 Å². The number of ether oxygens (including phenoxy) is 2. The van der Waals surface area contributed by atoms with E-state index < -0.39 is 20.2 Å². The largest absolute Gasteiger partial charge is 0.481 e. The average Bonchev–Trinajstić information content (AvgIpc) is 3.24. The van der Waals surface area contributed by atoms with Gasteiger partial charge in [0.2, 0.25) is 6.79 Å². The molecule has 7 heteroatoms. The Morgan fingerprint density at radius 1 is 1.17 bits per heavy atom. The van der Waals surface area contributed by atoms with Gasteiger partial charge in [0, 0.05) is 24.1 Å². The second kappa shape index (κ2) is 7.24. The quantitative estimate of drug-likeness (QED) is 0.606. The summed E-state index contributed by atoms with van der Waals surface area (Å²) in [7, 11) is 0.330. The van der Waals surface area contributed by atoms with Crippen molar-refractivity contribution in [1.82, 2.24) is 4.57 Å². The van der Waals surface area contributed by atoms with Crippen LogP contribution in [0.2, 0.25) is 19.6 Å². The summed E-state index contributed by atoms with van der Waals surface area (Å²) in [6, 6.07) is 11.4. The van der Waals surface area contributed by atoms with Crippen LogP contribution in [0, 0.1) is 0 Å². The molecule has 0 saturated carbocycles. The van der Waals surface area contributed by atoms with Crippen LogP contribution < -0.4 is 9.47 Å².